The first-order valence-electron chi connectivity index (χ1n) is 11.7. The average molecular weight is 470 g/mol. The summed E-state index contributed by atoms with van der Waals surface area (Å²) in [6.45, 7) is 0.138. The standard InChI is InChI=1S/C28H27N3O4/c1-35-25-15-13-24(14-16-25)31-19-29(17-27(31)33)26(32)18-30(23-11-12-23)28(34)22-9-7-21(8-10-22)20-5-3-2-4-6-20/h2-10,13-16,23H,11-12,17-19H2,1H3. The number of benzene rings is 3. The molecule has 3 amide bonds. The van der Waals surface area contributed by atoms with Crippen LogP contribution in [0.1, 0.15) is 23.2 Å². The smallest absolute Gasteiger partial charge is 0.254 e. The van der Waals surface area contributed by atoms with Gasteiger partial charge in [-0.2, -0.15) is 0 Å². The number of hydrogen-bond donors (Lipinski definition) is 0. The number of rotatable bonds is 7. The lowest BCUT2D eigenvalue weighted by molar-refractivity contribution is -0.132. The van der Waals surface area contributed by atoms with Gasteiger partial charge in [0.2, 0.25) is 11.8 Å². The highest BCUT2D eigenvalue weighted by molar-refractivity contribution is 6.01. The molecule has 35 heavy (non-hydrogen) atoms. The summed E-state index contributed by atoms with van der Waals surface area (Å²) in [6, 6.07) is 24.7. The van der Waals surface area contributed by atoms with Gasteiger partial charge < -0.3 is 14.5 Å². The van der Waals surface area contributed by atoms with Crippen LogP contribution in [0, 0.1) is 0 Å². The van der Waals surface area contributed by atoms with Crippen molar-refractivity contribution >= 4 is 23.4 Å². The second-order valence-corrected chi connectivity index (χ2v) is 8.86. The van der Waals surface area contributed by atoms with Crippen molar-refractivity contribution in [2.45, 2.75) is 18.9 Å². The summed E-state index contributed by atoms with van der Waals surface area (Å²) in [5, 5.41) is 0. The van der Waals surface area contributed by atoms with E-state index in [0.29, 0.717) is 17.0 Å². The summed E-state index contributed by atoms with van der Waals surface area (Å²) in [5.74, 6) is 0.168. The highest BCUT2D eigenvalue weighted by atomic mass is 16.5. The van der Waals surface area contributed by atoms with Gasteiger partial charge in [-0.3, -0.25) is 19.3 Å². The fraction of sp³-hybridized carbons (Fsp3) is 0.250. The molecule has 7 heteroatoms. The Hall–Kier alpha value is -4.13. The molecule has 0 aromatic heterocycles. The molecule has 2 fully saturated rings. The molecule has 1 aliphatic heterocycles. The van der Waals surface area contributed by atoms with Gasteiger partial charge in [-0.15, -0.1) is 0 Å². The molecule has 1 saturated carbocycles. The van der Waals surface area contributed by atoms with Gasteiger partial charge in [0, 0.05) is 17.3 Å². The molecule has 0 atom stereocenters. The Balaban J connectivity index is 1.26. The number of amides is 3. The maximum atomic E-state index is 13.3. The quantitative estimate of drug-likeness (QED) is 0.528. The minimum atomic E-state index is -0.226. The van der Waals surface area contributed by atoms with Gasteiger partial charge in [-0.1, -0.05) is 42.5 Å². The molecule has 1 heterocycles. The highest BCUT2D eigenvalue weighted by Crippen LogP contribution is 2.29. The van der Waals surface area contributed by atoms with Gasteiger partial charge in [0.1, 0.15) is 25.5 Å². The summed E-state index contributed by atoms with van der Waals surface area (Å²) in [5.41, 5.74) is 3.38. The topological polar surface area (TPSA) is 70.2 Å². The Kier molecular flexibility index (Phi) is 6.23. The number of carbonyl (C=O) groups is 3. The minimum absolute atomic E-state index is 0.00331. The molecule has 0 unspecified atom stereocenters. The number of carbonyl (C=O) groups excluding carboxylic acids is 3. The van der Waals surface area contributed by atoms with Crippen LogP contribution in [0.15, 0.2) is 78.9 Å². The van der Waals surface area contributed by atoms with Crippen LogP contribution < -0.4 is 9.64 Å². The van der Waals surface area contributed by atoms with Crippen molar-refractivity contribution in [3.05, 3.63) is 84.4 Å². The third-order valence-corrected chi connectivity index (χ3v) is 6.47. The van der Waals surface area contributed by atoms with E-state index < -0.39 is 0 Å². The van der Waals surface area contributed by atoms with Crippen molar-refractivity contribution in [1.82, 2.24) is 9.80 Å². The van der Waals surface area contributed by atoms with Crippen LogP contribution in [0.25, 0.3) is 11.1 Å². The van der Waals surface area contributed by atoms with Crippen LogP contribution in [-0.4, -0.2) is 60.4 Å². The van der Waals surface area contributed by atoms with E-state index in [4.69, 9.17) is 4.74 Å². The fourth-order valence-electron chi connectivity index (χ4n) is 4.30. The Morgan fingerprint density at radius 2 is 1.57 bits per heavy atom. The first kappa shape index (κ1) is 22.7. The summed E-state index contributed by atoms with van der Waals surface area (Å²) >= 11 is 0. The maximum Gasteiger partial charge on any atom is 0.254 e. The van der Waals surface area contributed by atoms with Crippen LogP contribution in [0.2, 0.25) is 0 Å². The van der Waals surface area contributed by atoms with E-state index >= 15 is 0 Å². The van der Waals surface area contributed by atoms with Gasteiger partial charge in [-0.05, 0) is 60.4 Å². The molecule has 0 radical (unpaired) electrons. The van der Waals surface area contributed by atoms with E-state index in [2.05, 4.69) is 0 Å². The lowest BCUT2D eigenvalue weighted by atomic mass is 10.0. The zero-order chi connectivity index (χ0) is 24.4. The van der Waals surface area contributed by atoms with Crippen molar-refractivity contribution in [2.24, 2.45) is 0 Å². The molecule has 0 bridgehead atoms. The normalized spacial score (nSPS) is 15.3. The number of methoxy groups -OCH3 is 1. The molecule has 2 aliphatic rings. The average Bonchev–Trinajstić information content (AvgIpc) is 3.68. The first-order valence-corrected chi connectivity index (χ1v) is 11.7. The Morgan fingerprint density at radius 3 is 2.20 bits per heavy atom. The van der Waals surface area contributed by atoms with Gasteiger partial charge in [0.05, 0.1) is 7.11 Å². The number of ether oxygens (including phenoxy) is 1. The van der Waals surface area contributed by atoms with Gasteiger partial charge in [-0.25, -0.2) is 0 Å². The summed E-state index contributed by atoms with van der Waals surface area (Å²) in [4.78, 5) is 43.8. The van der Waals surface area contributed by atoms with E-state index in [-0.39, 0.29) is 43.5 Å². The third-order valence-electron chi connectivity index (χ3n) is 6.47. The Morgan fingerprint density at radius 1 is 0.914 bits per heavy atom. The van der Waals surface area contributed by atoms with Gasteiger partial charge in [0.15, 0.2) is 0 Å². The minimum Gasteiger partial charge on any atom is -0.497 e. The van der Waals surface area contributed by atoms with Crippen molar-refractivity contribution in [3.63, 3.8) is 0 Å². The predicted molar refractivity (Wildman–Crippen MR) is 133 cm³/mol. The lowest BCUT2D eigenvalue weighted by Crippen LogP contribution is -2.43. The molecular weight excluding hydrogens is 442 g/mol. The molecule has 5 rings (SSSR count). The van der Waals surface area contributed by atoms with Gasteiger partial charge >= 0.3 is 0 Å². The largest absolute Gasteiger partial charge is 0.497 e. The Labute approximate surface area is 204 Å². The molecule has 0 spiro atoms. The Bertz CT molecular complexity index is 1220. The summed E-state index contributed by atoms with van der Waals surface area (Å²) in [7, 11) is 1.58. The SMILES string of the molecule is COc1ccc(N2CN(C(=O)CN(C(=O)c3ccc(-c4ccccc4)cc3)C3CC3)CC2=O)cc1. The molecule has 1 aliphatic carbocycles. The van der Waals surface area contributed by atoms with Crippen LogP contribution >= 0.6 is 0 Å². The lowest BCUT2D eigenvalue weighted by Gasteiger charge is -2.25. The molecule has 7 nitrogen and oxygen atoms in total. The number of anilines is 1. The summed E-state index contributed by atoms with van der Waals surface area (Å²) in [6.07, 6.45) is 1.77. The predicted octanol–water partition coefficient (Wildman–Crippen LogP) is 3.80. The zero-order valence-electron chi connectivity index (χ0n) is 19.6. The molecule has 3 aromatic carbocycles. The van der Waals surface area contributed by atoms with E-state index in [0.717, 1.165) is 24.0 Å². The third kappa shape index (κ3) is 4.89. The van der Waals surface area contributed by atoms with Crippen molar-refractivity contribution in [3.8, 4) is 16.9 Å². The molecule has 3 aromatic rings. The second-order valence-electron chi connectivity index (χ2n) is 8.86. The molecule has 0 N–H and O–H groups in total. The van der Waals surface area contributed by atoms with Crippen LogP contribution in [0.5, 0.6) is 5.75 Å². The molecule has 178 valence electrons. The van der Waals surface area contributed by atoms with Gasteiger partial charge in [0.25, 0.3) is 5.91 Å². The molecular formula is C28H27N3O4. The van der Waals surface area contributed by atoms with Crippen LogP contribution in [-0.2, 0) is 9.59 Å². The number of nitrogens with zero attached hydrogens (tertiary/aromatic N) is 3. The monoisotopic (exact) mass is 469 g/mol. The van der Waals surface area contributed by atoms with Crippen molar-refractivity contribution < 1.29 is 19.1 Å². The molecule has 1 saturated heterocycles. The van der Waals surface area contributed by atoms with E-state index in [1.165, 1.54) is 4.90 Å². The van der Waals surface area contributed by atoms with Crippen molar-refractivity contribution in [1.29, 1.82) is 0 Å². The second kappa shape index (κ2) is 9.62. The first-order chi connectivity index (χ1) is 17.0. The van der Waals surface area contributed by atoms with E-state index in [1.54, 1.807) is 41.2 Å². The van der Waals surface area contributed by atoms with Crippen LogP contribution in [0.3, 0.4) is 0 Å². The fourth-order valence-corrected chi connectivity index (χ4v) is 4.30. The summed E-state index contributed by atoms with van der Waals surface area (Å²) < 4.78 is 5.17. The number of hydrogen-bond acceptors (Lipinski definition) is 4. The van der Waals surface area contributed by atoms with E-state index in [1.807, 2.05) is 54.6 Å². The van der Waals surface area contributed by atoms with Crippen LogP contribution in [0.4, 0.5) is 5.69 Å². The zero-order valence-corrected chi connectivity index (χ0v) is 19.6. The highest BCUT2D eigenvalue weighted by Gasteiger charge is 2.38. The maximum absolute atomic E-state index is 13.3. The van der Waals surface area contributed by atoms with Crippen molar-refractivity contribution in [2.75, 3.05) is 31.8 Å². The van der Waals surface area contributed by atoms with E-state index in [9.17, 15) is 14.4 Å².